The summed E-state index contributed by atoms with van der Waals surface area (Å²) in [5.74, 6) is 0.198. The van der Waals surface area contributed by atoms with Gasteiger partial charge in [0.15, 0.2) is 5.78 Å². The highest BCUT2D eigenvalue weighted by molar-refractivity contribution is 7.14. The van der Waals surface area contributed by atoms with Crippen LogP contribution in [-0.2, 0) is 12.8 Å². The fourth-order valence-corrected chi connectivity index (χ4v) is 2.77. The predicted molar refractivity (Wildman–Crippen MR) is 63.8 cm³/mol. The van der Waals surface area contributed by atoms with Crippen LogP contribution in [-0.4, -0.2) is 10.8 Å². The molecule has 2 aromatic rings. The molecule has 0 aliphatic rings. The van der Waals surface area contributed by atoms with Crippen LogP contribution in [0.2, 0.25) is 0 Å². The minimum absolute atomic E-state index is 0.198. The highest BCUT2D eigenvalue weighted by atomic mass is 32.1. The summed E-state index contributed by atoms with van der Waals surface area (Å²) in [4.78, 5) is 19.0. The molecule has 0 fully saturated rings. The van der Waals surface area contributed by atoms with Gasteiger partial charge in [0.2, 0.25) is 0 Å². The average molecular weight is 237 g/mol. The van der Waals surface area contributed by atoms with E-state index in [2.05, 4.69) is 11.9 Å². The Balaban J connectivity index is 2.08. The summed E-state index contributed by atoms with van der Waals surface area (Å²) < 4.78 is 0. The third kappa shape index (κ3) is 2.52. The summed E-state index contributed by atoms with van der Waals surface area (Å²) in [6, 6.07) is 3.96. The van der Waals surface area contributed by atoms with E-state index < -0.39 is 0 Å². The van der Waals surface area contributed by atoms with Gasteiger partial charge in [-0.1, -0.05) is 6.92 Å². The number of hydrogen-bond donors (Lipinski definition) is 0. The molecule has 0 spiro atoms. The Morgan fingerprint density at radius 1 is 1.40 bits per heavy atom. The summed E-state index contributed by atoms with van der Waals surface area (Å²) in [5, 5.41) is 0. The molecule has 2 aromatic heterocycles. The molecule has 2 nitrogen and oxygen atoms in total. The lowest BCUT2D eigenvalue weighted by Gasteiger charge is -1.93. The number of ketones is 1. The van der Waals surface area contributed by atoms with Gasteiger partial charge in [-0.05, 0) is 18.6 Å². The molecule has 0 atom stereocenters. The highest BCUT2D eigenvalue weighted by Crippen LogP contribution is 2.19. The summed E-state index contributed by atoms with van der Waals surface area (Å²) in [6.45, 7) is 2.10. The zero-order valence-electron chi connectivity index (χ0n) is 8.40. The molecule has 2 rings (SSSR count). The van der Waals surface area contributed by atoms with E-state index in [9.17, 15) is 4.79 Å². The quantitative estimate of drug-likeness (QED) is 0.764. The van der Waals surface area contributed by atoms with Gasteiger partial charge in [-0.15, -0.1) is 22.7 Å². The summed E-state index contributed by atoms with van der Waals surface area (Å²) in [7, 11) is 0. The number of nitrogens with zero attached hydrogens (tertiary/aromatic N) is 1. The first-order valence-electron chi connectivity index (χ1n) is 4.79. The van der Waals surface area contributed by atoms with Crippen molar-refractivity contribution in [1.82, 2.24) is 4.98 Å². The van der Waals surface area contributed by atoms with Crippen molar-refractivity contribution in [3.8, 4) is 0 Å². The first-order chi connectivity index (χ1) is 7.29. The molecule has 0 unspecified atom stereocenters. The Labute approximate surface area is 96.6 Å². The van der Waals surface area contributed by atoms with Crippen LogP contribution in [0.15, 0.2) is 23.8 Å². The highest BCUT2D eigenvalue weighted by Gasteiger charge is 2.10. The van der Waals surface area contributed by atoms with Crippen molar-refractivity contribution in [2.24, 2.45) is 0 Å². The lowest BCUT2D eigenvalue weighted by molar-refractivity contribution is 0.0997. The van der Waals surface area contributed by atoms with Crippen molar-refractivity contribution < 1.29 is 4.79 Å². The van der Waals surface area contributed by atoms with E-state index in [0.717, 1.165) is 16.2 Å². The second-order valence-electron chi connectivity index (χ2n) is 3.19. The summed E-state index contributed by atoms with van der Waals surface area (Å²) >= 11 is 3.13. The second-order valence-corrected chi connectivity index (χ2v) is 5.33. The van der Waals surface area contributed by atoms with Crippen LogP contribution >= 0.6 is 22.7 Å². The molecule has 0 radical (unpaired) electrons. The van der Waals surface area contributed by atoms with Crippen molar-refractivity contribution in [1.29, 1.82) is 0 Å². The van der Waals surface area contributed by atoms with Gasteiger partial charge in [0, 0.05) is 22.4 Å². The van der Waals surface area contributed by atoms with Crippen molar-refractivity contribution in [3.63, 3.8) is 0 Å². The minimum Gasteiger partial charge on any atom is -0.293 e. The molecule has 0 aliphatic carbocycles. The zero-order chi connectivity index (χ0) is 10.7. The third-order valence-corrected chi connectivity index (χ3v) is 4.15. The maximum absolute atomic E-state index is 11.8. The van der Waals surface area contributed by atoms with Crippen LogP contribution in [0.3, 0.4) is 0 Å². The maximum atomic E-state index is 11.8. The van der Waals surface area contributed by atoms with Gasteiger partial charge < -0.3 is 0 Å². The molecule has 2 heterocycles. The van der Waals surface area contributed by atoms with Crippen LogP contribution in [0.4, 0.5) is 0 Å². The fraction of sp³-hybridized carbons (Fsp3) is 0.273. The van der Waals surface area contributed by atoms with Crippen LogP contribution < -0.4 is 0 Å². The molecule has 0 saturated carbocycles. The number of carbonyl (C=O) groups is 1. The minimum atomic E-state index is 0.198. The summed E-state index contributed by atoms with van der Waals surface area (Å²) in [6.07, 6.45) is 3.24. The van der Waals surface area contributed by atoms with Gasteiger partial charge in [0.05, 0.1) is 10.4 Å². The summed E-state index contributed by atoms with van der Waals surface area (Å²) in [5.41, 5.74) is 1.76. The van der Waals surface area contributed by atoms with Gasteiger partial charge in [-0.2, -0.15) is 0 Å². The zero-order valence-corrected chi connectivity index (χ0v) is 10.0. The van der Waals surface area contributed by atoms with Crippen molar-refractivity contribution >= 4 is 28.5 Å². The molecule has 0 aliphatic heterocycles. The number of rotatable bonds is 4. The first kappa shape index (κ1) is 10.5. The van der Waals surface area contributed by atoms with Crippen LogP contribution in [0.25, 0.3) is 0 Å². The average Bonchev–Trinajstić information content (AvgIpc) is 2.86. The lowest BCUT2D eigenvalue weighted by atomic mass is 10.2. The van der Waals surface area contributed by atoms with E-state index in [1.165, 1.54) is 16.2 Å². The Bertz CT molecular complexity index is 445. The van der Waals surface area contributed by atoms with E-state index in [0.29, 0.717) is 6.42 Å². The van der Waals surface area contributed by atoms with E-state index in [1.54, 1.807) is 23.0 Å². The van der Waals surface area contributed by atoms with Crippen molar-refractivity contribution in [2.45, 2.75) is 19.8 Å². The molecule has 0 amide bonds. The molecule has 0 aromatic carbocycles. The number of aromatic nitrogens is 1. The number of thiazole rings is 1. The fourth-order valence-electron chi connectivity index (χ4n) is 1.29. The van der Waals surface area contributed by atoms with Crippen LogP contribution in [0.5, 0.6) is 0 Å². The van der Waals surface area contributed by atoms with Gasteiger partial charge in [0.25, 0.3) is 0 Å². The predicted octanol–water partition coefficient (Wildman–Crippen LogP) is 3.19. The number of thiophene rings is 1. The van der Waals surface area contributed by atoms with Gasteiger partial charge in [0.1, 0.15) is 0 Å². The Morgan fingerprint density at radius 3 is 2.87 bits per heavy atom. The van der Waals surface area contributed by atoms with Gasteiger partial charge in [-0.25, -0.2) is 0 Å². The Hall–Kier alpha value is -1.00. The maximum Gasteiger partial charge on any atom is 0.178 e. The van der Waals surface area contributed by atoms with E-state index in [-0.39, 0.29) is 5.78 Å². The molecule has 0 N–H and O–H groups in total. The van der Waals surface area contributed by atoms with Crippen molar-refractivity contribution in [2.75, 3.05) is 0 Å². The molecule has 15 heavy (non-hydrogen) atoms. The molecule has 78 valence electrons. The third-order valence-electron chi connectivity index (χ3n) is 2.10. The molecular weight excluding hydrogens is 226 g/mol. The molecular formula is C11H11NOS2. The molecule has 0 bridgehead atoms. The second kappa shape index (κ2) is 4.68. The van der Waals surface area contributed by atoms with Gasteiger partial charge >= 0.3 is 0 Å². The SMILES string of the molecule is CCc1ccc(C(=O)Cc2cncs2)s1. The topological polar surface area (TPSA) is 30.0 Å². The van der Waals surface area contributed by atoms with E-state index >= 15 is 0 Å². The normalized spacial score (nSPS) is 10.5. The van der Waals surface area contributed by atoms with Gasteiger partial charge in [-0.3, -0.25) is 9.78 Å². The van der Waals surface area contributed by atoms with Crippen molar-refractivity contribution in [3.05, 3.63) is 38.5 Å². The van der Waals surface area contributed by atoms with Crippen LogP contribution in [0.1, 0.15) is 26.3 Å². The first-order valence-corrected chi connectivity index (χ1v) is 6.48. The number of aryl methyl sites for hydroxylation is 1. The monoisotopic (exact) mass is 237 g/mol. The molecule has 4 heteroatoms. The standard InChI is InChI=1S/C11H11NOS2/c1-2-8-3-4-11(15-8)10(13)5-9-6-12-7-14-9/h3-4,6-7H,2,5H2,1H3. The Morgan fingerprint density at radius 2 is 2.27 bits per heavy atom. The number of carbonyl (C=O) groups excluding carboxylic acids is 1. The van der Waals surface area contributed by atoms with E-state index in [4.69, 9.17) is 0 Å². The van der Waals surface area contributed by atoms with E-state index in [1.807, 2.05) is 12.1 Å². The molecule has 0 saturated heterocycles. The Kier molecular flexibility index (Phi) is 3.28. The smallest absolute Gasteiger partial charge is 0.178 e. The largest absolute Gasteiger partial charge is 0.293 e. The number of hydrogen-bond acceptors (Lipinski definition) is 4. The van der Waals surface area contributed by atoms with Crippen LogP contribution in [0, 0.1) is 0 Å². The lowest BCUT2D eigenvalue weighted by Crippen LogP contribution is -1.98. The number of Topliss-reactive ketones (excluding diaryl/α,β-unsaturated/α-hetero) is 1.